The Morgan fingerprint density at radius 2 is 1.50 bits per heavy atom. The van der Waals surface area contributed by atoms with Crippen LogP contribution in [0.5, 0.6) is 0 Å². The molecule has 0 bridgehead atoms. The van der Waals surface area contributed by atoms with Gasteiger partial charge in [-0.05, 0) is 13.1 Å². The quantitative estimate of drug-likeness (QED) is 0.393. The van der Waals surface area contributed by atoms with Crippen LogP contribution in [0.25, 0.3) is 0 Å². The van der Waals surface area contributed by atoms with Gasteiger partial charge in [-0.25, -0.2) is 0 Å². The fourth-order valence-corrected chi connectivity index (χ4v) is 0.250. The molecule has 6 heavy (non-hydrogen) atoms. The number of nitrogens with one attached hydrogen (secondary N) is 1. The van der Waals surface area contributed by atoms with Crippen LogP contribution in [-0.2, 0) is 0 Å². The molecule has 0 aromatic carbocycles. The maximum absolute atomic E-state index is 3.11. The van der Waals surface area contributed by atoms with Gasteiger partial charge in [-0.1, -0.05) is 13.8 Å². The molecule has 0 amide bonds. The Bertz CT molecular complexity index is 15.0. The van der Waals surface area contributed by atoms with E-state index in [2.05, 4.69) is 19.2 Å². The maximum atomic E-state index is 3.11. The molecule has 0 unspecified atom stereocenters. The summed E-state index contributed by atoms with van der Waals surface area (Å²) in [6, 6.07) is 0. The van der Waals surface area contributed by atoms with Gasteiger partial charge >= 0.3 is 51.4 Å². The Morgan fingerprint density at radius 1 is 1.17 bits per heavy atom. The van der Waals surface area contributed by atoms with E-state index in [1.54, 1.807) is 0 Å². The predicted molar refractivity (Wildman–Crippen MR) is 24.2 cm³/mol. The molecule has 0 heterocycles. The van der Waals surface area contributed by atoms with Crippen molar-refractivity contribution in [3.05, 3.63) is 0 Å². The Kier molecular flexibility index (Phi) is 17.2. The molecule has 0 aromatic rings. The average Bonchev–Trinajstić information content (AvgIpc) is 1.41. The minimum atomic E-state index is 0. The molecule has 1 N–H and O–H groups in total. The Labute approximate surface area is 82.3 Å². The molecule has 0 aliphatic carbocycles. The van der Waals surface area contributed by atoms with Crippen molar-refractivity contribution in [2.24, 2.45) is 0 Å². The van der Waals surface area contributed by atoms with E-state index in [0.29, 0.717) is 0 Å². The summed E-state index contributed by atoms with van der Waals surface area (Å²) in [5, 5.41) is 3.11. The van der Waals surface area contributed by atoms with E-state index in [0.717, 1.165) is 13.1 Å². The van der Waals surface area contributed by atoms with Gasteiger partial charge in [0.15, 0.2) is 0 Å². The average molecular weight is 112 g/mol. The number of hydrogen-bond acceptors (Lipinski definition) is 1. The van der Waals surface area contributed by atoms with Gasteiger partial charge in [0, 0.05) is 0 Å². The first kappa shape index (κ1) is 10.6. The third-order valence-electron chi connectivity index (χ3n) is 0.500. The normalized spacial score (nSPS) is 7.00. The van der Waals surface area contributed by atoms with Crippen molar-refractivity contribution in [3.8, 4) is 0 Å². The van der Waals surface area contributed by atoms with Crippen LogP contribution < -0.4 is 56.7 Å². The second-order valence-corrected chi connectivity index (χ2v) is 0.957. The molecular weight excluding hydrogens is 101 g/mol. The van der Waals surface area contributed by atoms with E-state index in [1.165, 1.54) is 0 Å². The zero-order valence-corrected chi connectivity index (χ0v) is 8.04. The third-order valence-corrected chi connectivity index (χ3v) is 0.500. The zero-order chi connectivity index (χ0) is 4.12. The zero-order valence-electron chi connectivity index (χ0n) is 4.91. The first-order valence-corrected chi connectivity index (χ1v) is 2.12. The summed E-state index contributed by atoms with van der Waals surface area (Å²) in [6.45, 7) is 6.39. The molecule has 0 aliphatic rings. The molecule has 0 rings (SSSR count). The molecular formula is C4H11KN+. The molecule has 2 heteroatoms. The molecule has 32 valence electrons. The Hall–Kier alpha value is 1.60. The van der Waals surface area contributed by atoms with Crippen LogP contribution in [0, 0.1) is 0 Å². The fourth-order valence-electron chi connectivity index (χ4n) is 0.250. The van der Waals surface area contributed by atoms with E-state index in [4.69, 9.17) is 0 Å². The van der Waals surface area contributed by atoms with Crippen LogP contribution in [0.15, 0.2) is 0 Å². The van der Waals surface area contributed by atoms with Crippen molar-refractivity contribution in [1.29, 1.82) is 0 Å². The van der Waals surface area contributed by atoms with Gasteiger partial charge in [-0.2, -0.15) is 0 Å². The summed E-state index contributed by atoms with van der Waals surface area (Å²) < 4.78 is 0. The summed E-state index contributed by atoms with van der Waals surface area (Å²) in [7, 11) is 0. The standard InChI is InChI=1S/C4H11N.K/c1-3-5-4-2;/h5H,3-4H2,1-2H3;/q;+1. The van der Waals surface area contributed by atoms with Gasteiger partial charge in [-0.15, -0.1) is 0 Å². The van der Waals surface area contributed by atoms with Crippen LogP contribution >= 0.6 is 0 Å². The number of hydrogen-bond donors (Lipinski definition) is 1. The predicted octanol–water partition coefficient (Wildman–Crippen LogP) is -2.38. The van der Waals surface area contributed by atoms with Crippen LogP contribution in [0.4, 0.5) is 0 Å². The van der Waals surface area contributed by atoms with Crippen molar-refractivity contribution in [1.82, 2.24) is 5.32 Å². The Balaban J connectivity index is 0. The van der Waals surface area contributed by atoms with E-state index in [-0.39, 0.29) is 51.4 Å². The van der Waals surface area contributed by atoms with Gasteiger partial charge in [0.2, 0.25) is 0 Å². The van der Waals surface area contributed by atoms with Crippen molar-refractivity contribution >= 4 is 0 Å². The Morgan fingerprint density at radius 3 is 1.50 bits per heavy atom. The SMILES string of the molecule is CCNCC.[K+]. The largest absolute Gasteiger partial charge is 1.00 e. The van der Waals surface area contributed by atoms with Gasteiger partial charge in [0.05, 0.1) is 0 Å². The summed E-state index contributed by atoms with van der Waals surface area (Å²) >= 11 is 0. The molecule has 0 atom stereocenters. The summed E-state index contributed by atoms with van der Waals surface area (Å²) in [6.07, 6.45) is 0. The van der Waals surface area contributed by atoms with Crippen LogP contribution in [0.3, 0.4) is 0 Å². The summed E-state index contributed by atoms with van der Waals surface area (Å²) in [5.74, 6) is 0. The maximum Gasteiger partial charge on any atom is 1.00 e. The fraction of sp³-hybridized carbons (Fsp3) is 1.00. The van der Waals surface area contributed by atoms with Crippen LogP contribution in [-0.4, -0.2) is 13.1 Å². The molecule has 0 radical (unpaired) electrons. The molecule has 0 saturated heterocycles. The molecule has 0 aliphatic heterocycles. The minimum absolute atomic E-state index is 0. The van der Waals surface area contributed by atoms with Crippen LogP contribution in [0.2, 0.25) is 0 Å². The second-order valence-electron chi connectivity index (χ2n) is 0.957. The van der Waals surface area contributed by atoms with Crippen molar-refractivity contribution in [2.45, 2.75) is 13.8 Å². The van der Waals surface area contributed by atoms with E-state index in [9.17, 15) is 0 Å². The molecule has 0 fully saturated rings. The number of rotatable bonds is 2. The summed E-state index contributed by atoms with van der Waals surface area (Å²) in [5.41, 5.74) is 0. The molecule has 0 saturated carbocycles. The van der Waals surface area contributed by atoms with E-state index >= 15 is 0 Å². The van der Waals surface area contributed by atoms with Crippen molar-refractivity contribution < 1.29 is 51.4 Å². The van der Waals surface area contributed by atoms with Gasteiger partial charge < -0.3 is 5.32 Å². The van der Waals surface area contributed by atoms with Gasteiger partial charge in [0.1, 0.15) is 0 Å². The van der Waals surface area contributed by atoms with E-state index in [1.807, 2.05) is 0 Å². The van der Waals surface area contributed by atoms with E-state index < -0.39 is 0 Å². The first-order chi connectivity index (χ1) is 2.41. The van der Waals surface area contributed by atoms with Gasteiger partial charge in [0.25, 0.3) is 0 Å². The van der Waals surface area contributed by atoms with Crippen LogP contribution in [0.1, 0.15) is 13.8 Å². The smallest absolute Gasteiger partial charge is 0.317 e. The minimum Gasteiger partial charge on any atom is -0.317 e. The molecule has 0 aromatic heterocycles. The molecule has 1 nitrogen and oxygen atoms in total. The van der Waals surface area contributed by atoms with Gasteiger partial charge in [-0.3, -0.25) is 0 Å². The first-order valence-electron chi connectivity index (χ1n) is 2.12. The van der Waals surface area contributed by atoms with Crippen molar-refractivity contribution in [2.75, 3.05) is 13.1 Å². The monoisotopic (exact) mass is 112 g/mol. The molecule has 0 spiro atoms. The van der Waals surface area contributed by atoms with Crippen molar-refractivity contribution in [3.63, 3.8) is 0 Å². The summed E-state index contributed by atoms with van der Waals surface area (Å²) in [4.78, 5) is 0. The third kappa shape index (κ3) is 9.14. The second kappa shape index (κ2) is 9.78. The topological polar surface area (TPSA) is 12.0 Å².